The number of carbonyl (C=O) groups excluding carboxylic acids is 2. The van der Waals surface area contributed by atoms with Crippen molar-refractivity contribution in [3.63, 3.8) is 0 Å². The molecule has 204 valence electrons. The molecule has 0 radical (unpaired) electrons. The Labute approximate surface area is 239 Å². The van der Waals surface area contributed by atoms with Gasteiger partial charge in [0.05, 0.1) is 18.0 Å². The molecule has 2 amide bonds. The van der Waals surface area contributed by atoms with Gasteiger partial charge in [-0.15, -0.1) is 0 Å². The van der Waals surface area contributed by atoms with Gasteiger partial charge in [-0.05, 0) is 73.4 Å². The highest BCUT2D eigenvalue weighted by molar-refractivity contribution is 6.19. The second-order valence-electron chi connectivity index (χ2n) is 9.75. The van der Waals surface area contributed by atoms with E-state index in [2.05, 4.69) is 6.92 Å². The van der Waals surface area contributed by atoms with Crippen LogP contribution in [0.3, 0.4) is 0 Å². The number of hydrogen-bond donors (Lipinski definition) is 0. The molecular formula is C34H30N4O3. The molecule has 0 spiro atoms. The van der Waals surface area contributed by atoms with Crippen LogP contribution in [0.1, 0.15) is 31.4 Å². The highest BCUT2D eigenvalue weighted by Gasteiger charge is 2.35. The number of aromatic nitrogens is 2. The normalized spacial score (nSPS) is 14.5. The average molecular weight is 543 g/mol. The van der Waals surface area contributed by atoms with Crippen LogP contribution in [-0.4, -0.2) is 39.6 Å². The van der Waals surface area contributed by atoms with Crippen LogP contribution in [-0.2, 0) is 16.0 Å². The van der Waals surface area contributed by atoms with Gasteiger partial charge in [-0.25, -0.2) is 4.68 Å². The predicted octanol–water partition coefficient (Wildman–Crippen LogP) is 6.16. The summed E-state index contributed by atoms with van der Waals surface area (Å²) in [6, 6.07) is 29.0. The minimum Gasteiger partial charge on any atom is -0.494 e. The highest BCUT2D eigenvalue weighted by atomic mass is 16.5. The van der Waals surface area contributed by atoms with Crippen LogP contribution in [0.2, 0.25) is 0 Å². The topological polar surface area (TPSA) is 88.2 Å². The molecule has 0 atom stereocenters. The van der Waals surface area contributed by atoms with Crippen LogP contribution in [0.5, 0.6) is 5.75 Å². The van der Waals surface area contributed by atoms with Gasteiger partial charge in [0.2, 0.25) is 0 Å². The van der Waals surface area contributed by atoms with Crippen molar-refractivity contribution >= 4 is 17.9 Å². The molecule has 41 heavy (non-hydrogen) atoms. The molecule has 5 rings (SSSR count). The van der Waals surface area contributed by atoms with Crippen LogP contribution < -0.4 is 4.74 Å². The molecule has 7 heteroatoms. The van der Waals surface area contributed by atoms with Gasteiger partial charge in [0.1, 0.15) is 17.4 Å². The van der Waals surface area contributed by atoms with Gasteiger partial charge >= 0.3 is 0 Å². The minimum atomic E-state index is -0.564. The second kappa shape index (κ2) is 12.3. The number of para-hydroxylation sites is 1. The lowest BCUT2D eigenvalue weighted by Crippen LogP contribution is -2.43. The monoisotopic (exact) mass is 542 g/mol. The third kappa shape index (κ3) is 5.87. The van der Waals surface area contributed by atoms with Gasteiger partial charge in [0, 0.05) is 29.4 Å². The average Bonchev–Trinajstić information content (AvgIpc) is 3.43. The highest BCUT2D eigenvalue weighted by Crippen LogP contribution is 2.32. The van der Waals surface area contributed by atoms with Crippen molar-refractivity contribution in [2.75, 3.05) is 13.2 Å². The molecule has 4 aromatic rings. The van der Waals surface area contributed by atoms with Crippen molar-refractivity contribution in [3.8, 4) is 28.8 Å². The van der Waals surface area contributed by atoms with E-state index in [1.54, 1.807) is 17.7 Å². The van der Waals surface area contributed by atoms with E-state index in [4.69, 9.17) is 9.84 Å². The number of carbonyl (C=O) groups is 2. The SMILES string of the molecule is CCCOc1ccc(-c2nn(-c3ccccc3)cc2/C=C2/C(=O)N(CCc3ccccc3)C(=O)C(C#N)=C2C)cc1. The third-order valence-electron chi connectivity index (χ3n) is 6.96. The lowest BCUT2D eigenvalue weighted by atomic mass is 9.93. The molecule has 2 heterocycles. The summed E-state index contributed by atoms with van der Waals surface area (Å²) in [5, 5.41) is 14.7. The van der Waals surface area contributed by atoms with Crippen LogP contribution in [0.25, 0.3) is 23.0 Å². The molecule has 0 unspecified atom stereocenters. The first-order chi connectivity index (χ1) is 20.0. The number of amides is 2. The summed E-state index contributed by atoms with van der Waals surface area (Å²) >= 11 is 0. The van der Waals surface area contributed by atoms with Crippen LogP contribution in [0, 0.1) is 11.3 Å². The van der Waals surface area contributed by atoms with E-state index in [9.17, 15) is 14.9 Å². The van der Waals surface area contributed by atoms with Gasteiger partial charge in [-0.1, -0.05) is 55.5 Å². The van der Waals surface area contributed by atoms with E-state index < -0.39 is 11.8 Å². The van der Waals surface area contributed by atoms with Gasteiger partial charge < -0.3 is 4.74 Å². The maximum Gasteiger partial charge on any atom is 0.271 e. The largest absolute Gasteiger partial charge is 0.494 e. The van der Waals surface area contributed by atoms with Gasteiger partial charge in [-0.3, -0.25) is 14.5 Å². The van der Waals surface area contributed by atoms with Gasteiger partial charge in [0.25, 0.3) is 11.8 Å². The number of hydrogen-bond acceptors (Lipinski definition) is 5. The quantitative estimate of drug-likeness (QED) is 0.187. The number of rotatable bonds is 9. The maximum absolute atomic E-state index is 13.8. The molecule has 1 aliphatic heterocycles. The predicted molar refractivity (Wildman–Crippen MR) is 158 cm³/mol. The van der Waals surface area contributed by atoms with E-state index in [1.165, 1.54) is 4.90 Å². The Morgan fingerprint density at radius 2 is 1.61 bits per heavy atom. The molecule has 7 nitrogen and oxygen atoms in total. The van der Waals surface area contributed by atoms with E-state index >= 15 is 0 Å². The lowest BCUT2D eigenvalue weighted by Gasteiger charge is -2.27. The Morgan fingerprint density at radius 1 is 0.927 bits per heavy atom. The number of imide groups is 1. The molecule has 3 aromatic carbocycles. The van der Waals surface area contributed by atoms with E-state index in [-0.39, 0.29) is 12.1 Å². The maximum atomic E-state index is 13.8. The van der Waals surface area contributed by atoms with Crippen molar-refractivity contribution in [2.24, 2.45) is 0 Å². The first-order valence-electron chi connectivity index (χ1n) is 13.6. The van der Waals surface area contributed by atoms with Crippen molar-refractivity contribution in [1.82, 2.24) is 14.7 Å². The fraction of sp³-hybridized carbons (Fsp3) is 0.176. The van der Waals surface area contributed by atoms with Crippen molar-refractivity contribution in [3.05, 3.63) is 119 Å². The van der Waals surface area contributed by atoms with E-state index in [0.717, 1.165) is 29.0 Å². The summed E-state index contributed by atoms with van der Waals surface area (Å²) in [5.74, 6) is -0.222. The summed E-state index contributed by atoms with van der Waals surface area (Å²) in [6.07, 6.45) is 5.00. The summed E-state index contributed by atoms with van der Waals surface area (Å²) in [4.78, 5) is 28.1. The first-order valence-corrected chi connectivity index (χ1v) is 13.6. The smallest absolute Gasteiger partial charge is 0.271 e. The Balaban J connectivity index is 1.57. The fourth-order valence-corrected chi connectivity index (χ4v) is 4.73. The second-order valence-corrected chi connectivity index (χ2v) is 9.75. The summed E-state index contributed by atoms with van der Waals surface area (Å²) in [5.41, 5.74) is 4.69. The van der Waals surface area contributed by atoms with Crippen molar-refractivity contribution in [1.29, 1.82) is 5.26 Å². The Morgan fingerprint density at radius 3 is 2.27 bits per heavy atom. The Bertz CT molecular complexity index is 1660. The molecule has 0 bridgehead atoms. The number of nitrogens with zero attached hydrogens (tertiary/aromatic N) is 4. The fourth-order valence-electron chi connectivity index (χ4n) is 4.73. The van der Waals surface area contributed by atoms with Gasteiger partial charge in [-0.2, -0.15) is 10.4 Å². The zero-order valence-corrected chi connectivity index (χ0v) is 23.1. The number of ether oxygens (including phenoxy) is 1. The Hall–Kier alpha value is -5.22. The molecule has 0 saturated heterocycles. The standard InChI is InChI=1S/C34H30N4O3/c1-3-20-41-29-16-14-26(15-17-29)32-27(23-38(36-32)28-12-8-5-9-13-28)21-30-24(2)31(22-35)34(40)37(33(30)39)19-18-25-10-6-4-7-11-25/h4-17,21,23H,3,18-20H2,1-2H3/b30-21+. The van der Waals surface area contributed by atoms with Crippen LogP contribution in [0.4, 0.5) is 0 Å². The summed E-state index contributed by atoms with van der Waals surface area (Å²) < 4.78 is 7.51. The minimum absolute atomic E-state index is 0.0293. The molecule has 1 aliphatic rings. The first kappa shape index (κ1) is 27.4. The molecule has 0 N–H and O–H groups in total. The molecule has 0 fully saturated rings. The molecule has 1 aromatic heterocycles. The Kier molecular flexibility index (Phi) is 8.21. The molecular weight excluding hydrogens is 512 g/mol. The summed E-state index contributed by atoms with van der Waals surface area (Å²) in [6.45, 7) is 4.51. The van der Waals surface area contributed by atoms with E-state index in [1.807, 2.05) is 97.2 Å². The zero-order chi connectivity index (χ0) is 28.8. The molecule has 0 aliphatic carbocycles. The van der Waals surface area contributed by atoms with E-state index in [0.29, 0.717) is 35.4 Å². The van der Waals surface area contributed by atoms with Gasteiger partial charge in [0.15, 0.2) is 0 Å². The third-order valence-corrected chi connectivity index (χ3v) is 6.96. The number of benzene rings is 3. The summed E-state index contributed by atoms with van der Waals surface area (Å²) in [7, 11) is 0. The number of nitriles is 1. The lowest BCUT2D eigenvalue weighted by molar-refractivity contribution is -0.140. The van der Waals surface area contributed by atoms with Crippen molar-refractivity contribution in [2.45, 2.75) is 26.7 Å². The molecule has 0 saturated carbocycles. The zero-order valence-electron chi connectivity index (χ0n) is 23.1. The van der Waals surface area contributed by atoms with Crippen LogP contribution >= 0.6 is 0 Å². The van der Waals surface area contributed by atoms with Crippen LogP contribution in [0.15, 0.2) is 108 Å². The van der Waals surface area contributed by atoms with Crippen molar-refractivity contribution < 1.29 is 14.3 Å².